The van der Waals surface area contributed by atoms with Crippen LogP contribution in [0.4, 0.5) is 0 Å². The molecule has 1 heterocycles. The van der Waals surface area contributed by atoms with Crippen molar-refractivity contribution in [2.75, 3.05) is 5.75 Å². The van der Waals surface area contributed by atoms with Crippen LogP contribution >= 0.6 is 11.8 Å². The van der Waals surface area contributed by atoms with Crippen LogP contribution in [-0.2, 0) is 13.1 Å². The second-order valence-electron chi connectivity index (χ2n) is 8.57. The van der Waals surface area contributed by atoms with Crippen LogP contribution in [0.15, 0.2) is 78.2 Å². The van der Waals surface area contributed by atoms with E-state index < -0.39 is 0 Å². The summed E-state index contributed by atoms with van der Waals surface area (Å²) in [6.07, 6.45) is 4.12. The fourth-order valence-electron chi connectivity index (χ4n) is 4.55. The van der Waals surface area contributed by atoms with Crippen molar-refractivity contribution in [2.45, 2.75) is 44.2 Å². The summed E-state index contributed by atoms with van der Waals surface area (Å²) >= 11 is 1.88. The Bertz CT molecular complexity index is 1220. The normalized spacial score (nSPS) is 14.1. The summed E-state index contributed by atoms with van der Waals surface area (Å²) in [4.78, 5) is 1.33. The highest BCUT2D eigenvalue weighted by molar-refractivity contribution is 7.99. The number of benzene rings is 3. The second-order valence-corrected chi connectivity index (χ2v) is 9.90. The zero-order chi connectivity index (χ0) is 21.2. The minimum atomic E-state index is 0.789. The van der Waals surface area contributed by atoms with E-state index in [0.717, 1.165) is 36.0 Å². The molecular weight excluding hydrogens is 396 g/mol. The Morgan fingerprint density at radius 2 is 1.77 bits per heavy atom. The van der Waals surface area contributed by atoms with Crippen molar-refractivity contribution in [3.63, 3.8) is 0 Å². The molecule has 0 amide bonds. The molecule has 3 aromatic carbocycles. The average Bonchev–Trinajstić information content (AvgIpc) is 3.09. The van der Waals surface area contributed by atoms with Crippen molar-refractivity contribution in [2.24, 2.45) is 5.92 Å². The maximum atomic E-state index is 4.33. The molecule has 2 nitrogen and oxygen atoms in total. The molecule has 0 aliphatic heterocycles. The van der Waals surface area contributed by atoms with Crippen molar-refractivity contribution < 1.29 is 0 Å². The Morgan fingerprint density at radius 3 is 2.52 bits per heavy atom. The Labute approximate surface area is 189 Å². The quantitative estimate of drug-likeness (QED) is 0.294. The molecule has 31 heavy (non-hydrogen) atoms. The molecule has 1 fully saturated rings. The first-order chi connectivity index (χ1) is 15.2. The lowest BCUT2D eigenvalue weighted by molar-refractivity contribution is 0.282. The molecule has 1 aliphatic rings. The third-order valence-corrected chi connectivity index (χ3v) is 7.42. The zero-order valence-corrected chi connectivity index (χ0v) is 19.0. The van der Waals surface area contributed by atoms with Gasteiger partial charge in [0.2, 0.25) is 0 Å². The van der Waals surface area contributed by atoms with E-state index >= 15 is 0 Å². The van der Waals surface area contributed by atoms with Gasteiger partial charge in [0, 0.05) is 45.5 Å². The molecule has 0 atom stereocenters. The standard InChI is InChI=1S/C28H30N2S/c1-3-31-24-14-11-21(12-15-24)18-29-20(2)23-13-16-28-26(17-23)25-9-4-5-10-27(25)30(28)19-22-7-6-8-22/h4-5,9-17,22,29H,2-3,6-8,18-19H2,1H3. The Balaban J connectivity index is 1.38. The number of aromatic nitrogens is 1. The molecule has 3 heteroatoms. The monoisotopic (exact) mass is 426 g/mol. The highest BCUT2D eigenvalue weighted by Crippen LogP contribution is 2.35. The summed E-state index contributed by atoms with van der Waals surface area (Å²) in [5.41, 5.74) is 6.11. The van der Waals surface area contributed by atoms with E-state index in [-0.39, 0.29) is 0 Å². The fourth-order valence-corrected chi connectivity index (χ4v) is 5.21. The molecule has 0 unspecified atom stereocenters. The second kappa shape index (κ2) is 8.84. The number of nitrogens with one attached hydrogen (secondary N) is 1. The van der Waals surface area contributed by atoms with Crippen molar-refractivity contribution in [3.8, 4) is 0 Å². The fraction of sp³-hybridized carbons (Fsp3) is 0.286. The third-order valence-electron chi connectivity index (χ3n) is 6.53. The lowest BCUT2D eigenvalue weighted by Crippen LogP contribution is -2.17. The highest BCUT2D eigenvalue weighted by atomic mass is 32.2. The first-order valence-electron chi connectivity index (χ1n) is 11.4. The molecule has 0 bridgehead atoms. The van der Waals surface area contributed by atoms with Crippen LogP contribution in [0.3, 0.4) is 0 Å². The Kier molecular flexibility index (Phi) is 5.78. The van der Waals surface area contributed by atoms with Gasteiger partial charge in [-0.15, -0.1) is 11.8 Å². The topological polar surface area (TPSA) is 17.0 Å². The van der Waals surface area contributed by atoms with E-state index in [1.165, 1.54) is 51.5 Å². The van der Waals surface area contributed by atoms with Crippen LogP contribution in [0, 0.1) is 5.92 Å². The minimum Gasteiger partial charge on any atom is -0.381 e. The molecule has 0 saturated heterocycles. The lowest BCUT2D eigenvalue weighted by Gasteiger charge is -2.26. The highest BCUT2D eigenvalue weighted by Gasteiger charge is 2.20. The molecule has 1 aromatic heterocycles. The van der Waals surface area contributed by atoms with Gasteiger partial charge in [0.1, 0.15) is 0 Å². The van der Waals surface area contributed by atoms with Crippen molar-refractivity contribution in [1.29, 1.82) is 0 Å². The smallest absolute Gasteiger partial charge is 0.0491 e. The predicted molar refractivity (Wildman–Crippen MR) is 135 cm³/mol. The van der Waals surface area contributed by atoms with Gasteiger partial charge in [-0.3, -0.25) is 0 Å². The maximum Gasteiger partial charge on any atom is 0.0491 e. The minimum absolute atomic E-state index is 0.789. The van der Waals surface area contributed by atoms with Crippen LogP contribution in [-0.4, -0.2) is 10.3 Å². The molecule has 1 saturated carbocycles. The van der Waals surface area contributed by atoms with Crippen LogP contribution in [0.5, 0.6) is 0 Å². The average molecular weight is 427 g/mol. The van der Waals surface area contributed by atoms with E-state index in [0.29, 0.717) is 0 Å². The molecule has 1 aliphatic carbocycles. The summed E-state index contributed by atoms with van der Waals surface area (Å²) in [6.45, 7) is 8.44. The molecular formula is C28H30N2S. The van der Waals surface area contributed by atoms with E-state index in [2.05, 4.69) is 90.1 Å². The van der Waals surface area contributed by atoms with Gasteiger partial charge in [0.25, 0.3) is 0 Å². The maximum absolute atomic E-state index is 4.33. The molecule has 1 N–H and O–H groups in total. The predicted octanol–water partition coefficient (Wildman–Crippen LogP) is 7.47. The van der Waals surface area contributed by atoms with E-state index in [9.17, 15) is 0 Å². The van der Waals surface area contributed by atoms with Crippen LogP contribution in [0.2, 0.25) is 0 Å². The molecule has 0 radical (unpaired) electrons. The van der Waals surface area contributed by atoms with Crippen LogP contribution in [0.25, 0.3) is 27.5 Å². The first-order valence-corrected chi connectivity index (χ1v) is 12.4. The zero-order valence-electron chi connectivity index (χ0n) is 18.2. The first kappa shape index (κ1) is 20.3. The van der Waals surface area contributed by atoms with Gasteiger partial charge < -0.3 is 9.88 Å². The van der Waals surface area contributed by atoms with Gasteiger partial charge >= 0.3 is 0 Å². The molecule has 158 valence electrons. The SMILES string of the molecule is C=C(NCc1ccc(SCC)cc1)c1ccc2c(c1)c1ccccc1n2CC1CCC1. The van der Waals surface area contributed by atoms with Crippen molar-refractivity contribution >= 4 is 39.3 Å². The number of rotatable bonds is 8. The van der Waals surface area contributed by atoms with Gasteiger partial charge in [-0.25, -0.2) is 0 Å². The summed E-state index contributed by atoms with van der Waals surface area (Å²) in [5, 5.41) is 6.20. The van der Waals surface area contributed by atoms with Gasteiger partial charge in [-0.05, 0) is 66.0 Å². The summed E-state index contributed by atoms with van der Waals surface area (Å²) in [7, 11) is 0. The number of hydrogen-bond acceptors (Lipinski definition) is 2. The van der Waals surface area contributed by atoms with Gasteiger partial charge in [-0.1, -0.05) is 56.3 Å². The van der Waals surface area contributed by atoms with Crippen LogP contribution < -0.4 is 5.32 Å². The number of nitrogens with zero attached hydrogens (tertiary/aromatic N) is 1. The number of hydrogen-bond donors (Lipinski definition) is 1. The van der Waals surface area contributed by atoms with Crippen LogP contribution in [0.1, 0.15) is 37.3 Å². The van der Waals surface area contributed by atoms with Gasteiger partial charge in [0.05, 0.1) is 0 Å². The largest absolute Gasteiger partial charge is 0.381 e. The molecule has 4 aromatic rings. The summed E-state index contributed by atoms with van der Waals surface area (Å²) < 4.78 is 2.53. The van der Waals surface area contributed by atoms with E-state index in [4.69, 9.17) is 0 Å². The lowest BCUT2D eigenvalue weighted by atomic mass is 9.85. The van der Waals surface area contributed by atoms with Crippen molar-refractivity contribution in [3.05, 3.63) is 84.4 Å². The third kappa shape index (κ3) is 4.12. The number of thioether (sulfide) groups is 1. The number of para-hydroxylation sites is 1. The summed E-state index contributed by atoms with van der Waals surface area (Å²) in [6, 6.07) is 24.5. The van der Waals surface area contributed by atoms with Gasteiger partial charge in [0.15, 0.2) is 0 Å². The Hall–Kier alpha value is -2.65. The number of fused-ring (bicyclic) bond motifs is 3. The summed E-state index contributed by atoms with van der Waals surface area (Å²) in [5.74, 6) is 1.94. The van der Waals surface area contributed by atoms with Crippen molar-refractivity contribution in [1.82, 2.24) is 9.88 Å². The van der Waals surface area contributed by atoms with E-state index in [1.807, 2.05) is 11.8 Å². The van der Waals surface area contributed by atoms with E-state index in [1.54, 1.807) is 0 Å². The molecule has 0 spiro atoms. The van der Waals surface area contributed by atoms with Gasteiger partial charge in [-0.2, -0.15) is 0 Å². The molecule has 5 rings (SSSR count). The Morgan fingerprint density at radius 1 is 1.00 bits per heavy atom.